The summed E-state index contributed by atoms with van der Waals surface area (Å²) in [6, 6.07) is 0.00567. The molecule has 0 aromatic carbocycles. The molecule has 1 aromatic rings. The van der Waals surface area contributed by atoms with Crippen LogP contribution >= 0.6 is 0 Å². The molecule has 1 aliphatic carbocycles. The van der Waals surface area contributed by atoms with Gasteiger partial charge < -0.3 is 10.4 Å². The van der Waals surface area contributed by atoms with Crippen LogP contribution in [0.4, 0.5) is 5.95 Å². The summed E-state index contributed by atoms with van der Waals surface area (Å²) in [4.78, 5) is 7.85. The predicted molar refractivity (Wildman–Crippen MR) is 65.6 cm³/mol. The summed E-state index contributed by atoms with van der Waals surface area (Å²) < 4.78 is 26.0. The maximum Gasteiger partial charge on any atom is 0.246 e. The standard InChI is InChI=1S/C10H16N4O3S/c1-11-10-12-6-9(7-13-10)18(16,17)14(4-5-15)8-2-3-8/h6-8,15H,2-5H2,1H3,(H,11,12,13). The second kappa shape index (κ2) is 5.17. The van der Waals surface area contributed by atoms with Gasteiger partial charge in [-0.3, -0.25) is 0 Å². The van der Waals surface area contributed by atoms with E-state index in [0.29, 0.717) is 5.95 Å². The summed E-state index contributed by atoms with van der Waals surface area (Å²) in [5.41, 5.74) is 0. The van der Waals surface area contributed by atoms with E-state index >= 15 is 0 Å². The number of aliphatic hydroxyl groups excluding tert-OH is 1. The zero-order chi connectivity index (χ0) is 13.2. The first-order chi connectivity index (χ1) is 8.59. The minimum atomic E-state index is -3.60. The summed E-state index contributed by atoms with van der Waals surface area (Å²) in [6.45, 7) is -0.0774. The Morgan fingerprint density at radius 1 is 1.44 bits per heavy atom. The van der Waals surface area contributed by atoms with Crippen LogP contribution in [0.1, 0.15) is 12.8 Å². The number of hydrogen-bond acceptors (Lipinski definition) is 6. The minimum absolute atomic E-state index is 0.00567. The van der Waals surface area contributed by atoms with E-state index < -0.39 is 10.0 Å². The van der Waals surface area contributed by atoms with Gasteiger partial charge in [-0.1, -0.05) is 0 Å². The molecule has 0 amide bonds. The van der Waals surface area contributed by atoms with Crippen LogP contribution in [0.5, 0.6) is 0 Å². The van der Waals surface area contributed by atoms with Crippen LogP contribution in [-0.4, -0.2) is 54.0 Å². The topological polar surface area (TPSA) is 95.4 Å². The van der Waals surface area contributed by atoms with Crippen molar-refractivity contribution in [2.75, 3.05) is 25.5 Å². The molecule has 7 nitrogen and oxygen atoms in total. The Hall–Kier alpha value is -1.25. The molecule has 2 N–H and O–H groups in total. The molecular weight excluding hydrogens is 256 g/mol. The Kier molecular flexibility index (Phi) is 3.79. The Balaban J connectivity index is 2.27. The van der Waals surface area contributed by atoms with Gasteiger partial charge in [-0.05, 0) is 12.8 Å². The van der Waals surface area contributed by atoms with Crippen LogP contribution < -0.4 is 5.32 Å². The molecule has 0 aliphatic heterocycles. The first-order valence-electron chi connectivity index (χ1n) is 5.72. The molecule has 1 heterocycles. The maximum absolute atomic E-state index is 12.3. The van der Waals surface area contributed by atoms with Crippen LogP contribution in [0.3, 0.4) is 0 Å². The third-order valence-corrected chi connectivity index (χ3v) is 4.64. The Morgan fingerprint density at radius 3 is 2.50 bits per heavy atom. The fraction of sp³-hybridized carbons (Fsp3) is 0.600. The largest absolute Gasteiger partial charge is 0.395 e. The molecule has 100 valence electrons. The molecule has 0 spiro atoms. The van der Waals surface area contributed by atoms with E-state index in [2.05, 4.69) is 15.3 Å². The summed E-state index contributed by atoms with van der Waals surface area (Å²) in [6.07, 6.45) is 4.24. The molecule has 1 aliphatic rings. The van der Waals surface area contributed by atoms with Crippen molar-refractivity contribution in [3.05, 3.63) is 12.4 Å². The second-order valence-electron chi connectivity index (χ2n) is 4.06. The number of hydrogen-bond donors (Lipinski definition) is 2. The highest BCUT2D eigenvalue weighted by Crippen LogP contribution is 2.31. The normalized spacial score (nSPS) is 15.9. The monoisotopic (exact) mass is 272 g/mol. The molecular formula is C10H16N4O3S. The van der Waals surface area contributed by atoms with Gasteiger partial charge in [0.05, 0.1) is 19.0 Å². The van der Waals surface area contributed by atoms with Gasteiger partial charge in [-0.15, -0.1) is 0 Å². The summed E-state index contributed by atoms with van der Waals surface area (Å²) in [5, 5.41) is 11.7. The molecule has 1 saturated carbocycles. The van der Waals surface area contributed by atoms with Crippen LogP contribution in [-0.2, 0) is 10.0 Å². The van der Waals surface area contributed by atoms with Crippen molar-refractivity contribution in [3.63, 3.8) is 0 Å². The zero-order valence-electron chi connectivity index (χ0n) is 10.1. The van der Waals surface area contributed by atoms with Gasteiger partial charge in [-0.25, -0.2) is 18.4 Å². The SMILES string of the molecule is CNc1ncc(S(=O)(=O)N(CCO)C2CC2)cn1. The van der Waals surface area contributed by atoms with Gasteiger partial charge in [0, 0.05) is 19.6 Å². The lowest BCUT2D eigenvalue weighted by Crippen LogP contribution is -2.35. The molecule has 2 rings (SSSR count). The number of nitrogens with one attached hydrogen (secondary N) is 1. The van der Waals surface area contributed by atoms with Gasteiger partial charge >= 0.3 is 0 Å². The molecule has 0 bridgehead atoms. The Labute approximate surface area is 106 Å². The van der Waals surface area contributed by atoms with Gasteiger partial charge in [0.2, 0.25) is 16.0 Å². The highest BCUT2D eigenvalue weighted by Gasteiger charge is 2.37. The Bertz CT molecular complexity index is 498. The lowest BCUT2D eigenvalue weighted by atomic mass is 10.6. The highest BCUT2D eigenvalue weighted by atomic mass is 32.2. The number of nitrogens with zero attached hydrogens (tertiary/aromatic N) is 3. The number of rotatable bonds is 6. The number of anilines is 1. The summed E-state index contributed by atoms with van der Waals surface area (Å²) in [7, 11) is -1.95. The predicted octanol–water partition coefficient (Wildman–Crippen LogP) is -0.336. The van der Waals surface area contributed by atoms with E-state index in [1.165, 1.54) is 16.7 Å². The van der Waals surface area contributed by atoms with Crippen LogP contribution in [0, 0.1) is 0 Å². The quantitative estimate of drug-likeness (QED) is 0.736. The minimum Gasteiger partial charge on any atom is -0.395 e. The second-order valence-corrected chi connectivity index (χ2v) is 5.95. The summed E-state index contributed by atoms with van der Waals surface area (Å²) >= 11 is 0. The fourth-order valence-electron chi connectivity index (χ4n) is 1.67. The van der Waals surface area contributed by atoms with E-state index in [9.17, 15) is 8.42 Å². The van der Waals surface area contributed by atoms with Gasteiger partial charge in [0.1, 0.15) is 4.90 Å². The molecule has 0 unspecified atom stereocenters. The lowest BCUT2D eigenvalue weighted by molar-refractivity contribution is 0.250. The maximum atomic E-state index is 12.3. The van der Waals surface area contributed by atoms with Crippen LogP contribution in [0.15, 0.2) is 17.3 Å². The van der Waals surface area contributed by atoms with Crippen molar-refractivity contribution in [3.8, 4) is 0 Å². The average molecular weight is 272 g/mol. The smallest absolute Gasteiger partial charge is 0.246 e. The highest BCUT2D eigenvalue weighted by molar-refractivity contribution is 7.89. The molecule has 0 radical (unpaired) electrons. The Morgan fingerprint density at radius 2 is 2.06 bits per heavy atom. The van der Waals surface area contributed by atoms with Crippen molar-refractivity contribution in [2.45, 2.75) is 23.8 Å². The lowest BCUT2D eigenvalue weighted by Gasteiger charge is -2.20. The van der Waals surface area contributed by atoms with Crippen LogP contribution in [0.25, 0.3) is 0 Å². The average Bonchev–Trinajstić information content (AvgIpc) is 3.20. The van der Waals surface area contributed by atoms with Crippen molar-refractivity contribution in [1.82, 2.24) is 14.3 Å². The van der Waals surface area contributed by atoms with Crippen molar-refractivity contribution in [1.29, 1.82) is 0 Å². The van der Waals surface area contributed by atoms with E-state index in [1.807, 2.05) is 0 Å². The number of aliphatic hydroxyl groups is 1. The van der Waals surface area contributed by atoms with Gasteiger partial charge in [0.15, 0.2) is 0 Å². The molecule has 0 saturated heterocycles. The van der Waals surface area contributed by atoms with Crippen LogP contribution in [0.2, 0.25) is 0 Å². The van der Waals surface area contributed by atoms with Gasteiger partial charge in [-0.2, -0.15) is 4.31 Å². The fourth-order valence-corrected chi connectivity index (χ4v) is 3.24. The molecule has 1 fully saturated rings. The van der Waals surface area contributed by atoms with E-state index in [-0.39, 0.29) is 24.1 Å². The molecule has 1 aromatic heterocycles. The van der Waals surface area contributed by atoms with E-state index in [0.717, 1.165) is 12.8 Å². The van der Waals surface area contributed by atoms with Crippen molar-refractivity contribution < 1.29 is 13.5 Å². The number of sulfonamides is 1. The van der Waals surface area contributed by atoms with Crippen molar-refractivity contribution >= 4 is 16.0 Å². The first kappa shape index (κ1) is 13.2. The number of aromatic nitrogens is 2. The molecule has 18 heavy (non-hydrogen) atoms. The molecule has 0 atom stereocenters. The van der Waals surface area contributed by atoms with E-state index in [1.54, 1.807) is 7.05 Å². The summed E-state index contributed by atoms with van der Waals surface area (Å²) in [5.74, 6) is 0.370. The zero-order valence-corrected chi connectivity index (χ0v) is 10.9. The van der Waals surface area contributed by atoms with Crippen molar-refractivity contribution in [2.24, 2.45) is 0 Å². The molecule has 8 heteroatoms. The van der Waals surface area contributed by atoms with Gasteiger partial charge in [0.25, 0.3) is 0 Å². The van der Waals surface area contributed by atoms with E-state index in [4.69, 9.17) is 5.11 Å². The first-order valence-corrected chi connectivity index (χ1v) is 7.16. The third kappa shape index (κ3) is 2.60. The third-order valence-electron chi connectivity index (χ3n) is 2.73.